The maximum absolute atomic E-state index is 12.5. The smallest absolute Gasteiger partial charge is 0.309 e. The van der Waals surface area contributed by atoms with E-state index < -0.39 is 11.4 Å². The number of nitrogens with one attached hydrogen (secondary N) is 1. The van der Waals surface area contributed by atoms with Crippen molar-refractivity contribution >= 4 is 28.5 Å². The highest BCUT2D eigenvalue weighted by Gasteiger charge is 2.64. The Morgan fingerprint density at radius 1 is 1.09 bits per heavy atom. The SMILES string of the molecule is Cc1[nH]c2ccc(Cl)cc2c1C[C@@]1(C)C(C)CC[C@@]2(C)C3CC[C@@]4(C(=O)O)CCCC4C3CCC12. The Bertz CT molecular complexity index is 1170. The van der Waals surface area contributed by atoms with E-state index in [9.17, 15) is 9.90 Å². The van der Waals surface area contributed by atoms with Crippen molar-refractivity contribution in [3.63, 3.8) is 0 Å². The van der Waals surface area contributed by atoms with Crippen molar-refractivity contribution in [1.29, 1.82) is 0 Å². The summed E-state index contributed by atoms with van der Waals surface area (Å²) in [6, 6.07) is 6.25. The van der Waals surface area contributed by atoms with Gasteiger partial charge in [0.05, 0.1) is 5.41 Å². The van der Waals surface area contributed by atoms with E-state index in [-0.39, 0.29) is 5.41 Å². The number of fused-ring (bicyclic) bond motifs is 6. The number of rotatable bonds is 3. The summed E-state index contributed by atoms with van der Waals surface area (Å²) < 4.78 is 0. The number of benzene rings is 1. The molecule has 5 unspecified atom stereocenters. The fraction of sp³-hybridized carbons (Fsp3) is 0.710. The molecule has 4 aliphatic carbocycles. The second-order valence-electron chi connectivity index (χ2n) is 13.4. The van der Waals surface area contributed by atoms with E-state index in [2.05, 4.69) is 44.8 Å². The number of aromatic nitrogens is 1. The zero-order chi connectivity index (χ0) is 24.8. The van der Waals surface area contributed by atoms with E-state index in [1.807, 2.05) is 6.07 Å². The summed E-state index contributed by atoms with van der Waals surface area (Å²) in [4.78, 5) is 16.1. The van der Waals surface area contributed by atoms with Gasteiger partial charge in [-0.15, -0.1) is 0 Å². The Balaban J connectivity index is 1.36. The number of H-pyrrole nitrogens is 1. The molecule has 4 fully saturated rings. The third-order valence-corrected chi connectivity index (χ3v) is 12.6. The minimum atomic E-state index is -0.499. The molecule has 0 spiro atoms. The van der Waals surface area contributed by atoms with Crippen molar-refractivity contribution in [2.75, 3.05) is 0 Å². The van der Waals surface area contributed by atoms with Gasteiger partial charge in [0, 0.05) is 21.6 Å². The van der Waals surface area contributed by atoms with Crippen molar-refractivity contribution < 1.29 is 9.90 Å². The van der Waals surface area contributed by atoms with Crippen molar-refractivity contribution in [3.05, 3.63) is 34.5 Å². The van der Waals surface area contributed by atoms with Crippen molar-refractivity contribution in [2.24, 2.45) is 45.8 Å². The summed E-state index contributed by atoms with van der Waals surface area (Å²) in [6.45, 7) is 9.92. The number of aryl methyl sites for hydroxylation is 1. The monoisotopic (exact) mass is 495 g/mol. The van der Waals surface area contributed by atoms with Crippen LogP contribution in [0.25, 0.3) is 10.9 Å². The number of carboxylic acid groups (broad SMARTS) is 1. The van der Waals surface area contributed by atoms with Crippen LogP contribution in [-0.2, 0) is 11.2 Å². The molecule has 8 atom stereocenters. The minimum Gasteiger partial charge on any atom is -0.481 e. The molecule has 3 nitrogen and oxygen atoms in total. The first kappa shape index (κ1) is 23.9. The number of hydrogen-bond donors (Lipinski definition) is 2. The first-order chi connectivity index (χ1) is 16.6. The van der Waals surface area contributed by atoms with E-state index in [1.165, 1.54) is 47.8 Å². The molecule has 0 amide bonds. The number of aromatic amines is 1. The summed E-state index contributed by atoms with van der Waals surface area (Å²) in [7, 11) is 0. The van der Waals surface area contributed by atoms with Crippen molar-refractivity contribution in [3.8, 4) is 0 Å². The zero-order valence-corrected chi connectivity index (χ0v) is 22.7. The van der Waals surface area contributed by atoms with Gasteiger partial charge in [-0.25, -0.2) is 0 Å². The molecule has 6 rings (SSSR count). The van der Waals surface area contributed by atoms with Crippen molar-refractivity contribution in [1.82, 2.24) is 4.98 Å². The average molecular weight is 496 g/mol. The van der Waals surface area contributed by atoms with Gasteiger partial charge in [0.1, 0.15) is 0 Å². The van der Waals surface area contributed by atoms with E-state index in [0.29, 0.717) is 35.0 Å². The number of carbonyl (C=O) groups is 1. The highest BCUT2D eigenvalue weighted by molar-refractivity contribution is 6.31. The van der Waals surface area contributed by atoms with E-state index in [0.717, 1.165) is 43.5 Å². The Labute approximate surface area is 215 Å². The van der Waals surface area contributed by atoms with Crippen LogP contribution in [0.5, 0.6) is 0 Å². The van der Waals surface area contributed by atoms with Gasteiger partial charge in [0.15, 0.2) is 0 Å². The van der Waals surface area contributed by atoms with Crippen LogP contribution >= 0.6 is 11.6 Å². The quantitative estimate of drug-likeness (QED) is 0.448. The molecule has 0 aliphatic heterocycles. The molecule has 1 heterocycles. The van der Waals surface area contributed by atoms with Crippen LogP contribution < -0.4 is 0 Å². The summed E-state index contributed by atoms with van der Waals surface area (Å²) >= 11 is 6.44. The van der Waals surface area contributed by atoms with Crippen LogP contribution in [0.3, 0.4) is 0 Å². The van der Waals surface area contributed by atoms with Gasteiger partial charge in [-0.05, 0) is 129 Å². The van der Waals surface area contributed by atoms with Gasteiger partial charge in [-0.2, -0.15) is 0 Å². The molecule has 4 saturated carbocycles. The molecule has 2 aromatic rings. The normalized spacial score (nSPS) is 42.9. The average Bonchev–Trinajstić information content (AvgIpc) is 3.39. The first-order valence-corrected chi connectivity index (χ1v) is 14.5. The molecule has 0 saturated heterocycles. The number of aliphatic carboxylic acids is 1. The highest BCUT2D eigenvalue weighted by Crippen LogP contribution is 2.70. The first-order valence-electron chi connectivity index (χ1n) is 14.1. The molecule has 1 aromatic heterocycles. The molecule has 4 heteroatoms. The standard InChI is InChI=1S/C31H42ClNO2/c1-18-11-14-29(3)24-12-15-31(28(34)35)13-5-6-25(31)21(24)8-10-27(29)30(18,4)17-23-19(2)33-26-9-7-20(32)16-22(23)26/h7,9,16,18,21,24-25,27,33H,5-6,8,10-15,17H2,1-4H3,(H,34,35)/t18?,21?,24?,25?,27?,29-,30-,31-/m0/s1. The van der Waals surface area contributed by atoms with Crippen LogP contribution in [-0.4, -0.2) is 16.1 Å². The van der Waals surface area contributed by atoms with Gasteiger partial charge in [-0.3, -0.25) is 4.79 Å². The lowest BCUT2D eigenvalue weighted by Gasteiger charge is -2.65. The predicted octanol–water partition coefficient (Wildman–Crippen LogP) is 8.42. The van der Waals surface area contributed by atoms with Gasteiger partial charge in [0.25, 0.3) is 0 Å². The number of hydrogen-bond acceptors (Lipinski definition) is 1. The Hall–Kier alpha value is -1.48. The zero-order valence-electron chi connectivity index (χ0n) is 21.9. The highest BCUT2D eigenvalue weighted by atomic mass is 35.5. The summed E-state index contributed by atoms with van der Waals surface area (Å²) in [5.74, 6) is 2.55. The van der Waals surface area contributed by atoms with Gasteiger partial charge >= 0.3 is 5.97 Å². The fourth-order valence-corrected chi connectivity index (χ4v) is 10.6. The van der Waals surface area contributed by atoms with Crippen molar-refractivity contribution in [2.45, 2.75) is 91.9 Å². The molecule has 35 heavy (non-hydrogen) atoms. The largest absolute Gasteiger partial charge is 0.481 e. The van der Waals surface area contributed by atoms with Crippen LogP contribution in [0.1, 0.15) is 89.8 Å². The second kappa shape index (κ2) is 8.01. The molecule has 1 aromatic carbocycles. The Kier molecular flexibility index (Phi) is 5.47. The van der Waals surface area contributed by atoms with Crippen LogP contribution in [0.2, 0.25) is 5.02 Å². The van der Waals surface area contributed by atoms with Crippen LogP contribution in [0.15, 0.2) is 18.2 Å². The molecule has 2 N–H and O–H groups in total. The molecule has 0 radical (unpaired) electrons. The topological polar surface area (TPSA) is 53.1 Å². The lowest BCUT2D eigenvalue weighted by atomic mass is 9.39. The Morgan fingerprint density at radius 3 is 2.66 bits per heavy atom. The summed E-state index contributed by atoms with van der Waals surface area (Å²) in [5.41, 5.74) is 4.06. The molecule has 4 aliphatic rings. The van der Waals surface area contributed by atoms with E-state index in [4.69, 9.17) is 11.6 Å². The molecular weight excluding hydrogens is 454 g/mol. The molecule has 0 bridgehead atoms. The minimum absolute atomic E-state index is 0.233. The van der Waals surface area contributed by atoms with Crippen LogP contribution in [0.4, 0.5) is 0 Å². The predicted molar refractivity (Wildman–Crippen MR) is 143 cm³/mol. The number of halogens is 1. The van der Waals surface area contributed by atoms with E-state index >= 15 is 0 Å². The summed E-state index contributed by atoms with van der Waals surface area (Å²) in [6.07, 6.45) is 11.3. The third kappa shape index (κ3) is 3.25. The summed E-state index contributed by atoms with van der Waals surface area (Å²) in [5, 5.41) is 12.4. The number of carboxylic acids is 1. The fourth-order valence-electron chi connectivity index (χ4n) is 10.4. The Morgan fingerprint density at radius 2 is 1.89 bits per heavy atom. The third-order valence-electron chi connectivity index (χ3n) is 12.3. The molecular formula is C31H42ClNO2. The lowest BCUT2D eigenvalue weighted by Crippen LogP contribution is -2.59. The maximum atomic E-state index is 12.5. The van der Waals surface area contributed by atoms with Gasteiger partial charge < -0.3 is 10.1 Å². The van der Waals surface area contributed by atoms with Gasteiger partial charge in [-0.1, -0.05) is 38.8 Å². The van der Waals surface area contributed by atoms with Gasteiger partial charge in [0.2, 0.25) is 0 Å². The van der Waals surface area contributed by atoms with E-state index in [1.54, 1.807) is 0 Å². The molecule has 190 valence electrons. The van der Waals surface area contributed by atoms with Crippen LogP contribution in [0, 0.1) is 52.8 Å². The lowest BCUT2D eigenvalue weighted by molar-refractivity contribution is -0.179. The second-order valence-corrected chi connectivity index (χ2v) is 13.9. The maximum Gasteiger partial charge on any atom is 0.309 e.